The number of hydrogen-bond donors (Lipinski definition) is 0. The summed E-state index contributed by atoms with van der Waals surface area (Å²) in [5.74, 6) is -0.0502. The highest BCUT2D eigenvalue weighted by atomic mass is 35.5. The van der Waals surface area contributed by atoms with Gasteiger partial charge >= 0.3 is 0 Å². The molecule has 0 unspecified atom stereocenters. The molecule has 0 N–H and O–H groups in total. The molecule has 0 aliphatic rings. The van der Waals surface area contributed by atoms with Gasteiger partial charge in [0.15, 0.2) is 9.84 Å². The fourth-order valence-electron chi connectivity index (χ4n) is 1.07. The molecule has 0 radical (unpaired) electrons. The van der Waals surface area contributed by atoms with Crippen LogP contribution in [0, 0.1) is 6.92 Å². The molecule has 0 saturated heterocycles. The summed E-state index contributed by atoms with van der Waals surface area (Å²) < 4.78 is 23.5. The van der Waals surface area contributed by atoms with Gasteiger partial charge < -0.3 is 0 Å². The second-order valence-corrected chi connectivity index (χ2v) is 6.02. The van der Waals surface area contributed by atoms with Crippen LogP contribution in [0.25, 0.3) is 0 Å². The molecule has 0 heterocycles. The standard InChI is InChI=1S/C11H13ClO2S/c1-9-3-5-11(6-4-9)15(13,14)8-7-10(2)12/h3-7H,8H2,1-2H3/b10-7-. The van der Waals surface area contributed by atoms with Crippen molar-refractivity contribution in [3.63, 3.8) is 0 Å². The molecule has 0 atom stereocenters. The van der Waals surface area contributed by atoms with Crippen LogP contribution in [-0.4, -0.2) is 14.2 Å². The van der Waals surface area contributed by atoms with E-state index in [-0.39, 0.29) is 5.75 Å². The molecule has 0 amide bonds. The average Bonchev–Trinajstić information content (AvgIpc) is 2.16. The Morgan fingerprint density at radius 1 is 1.33 bits per heavy atom. The summed E-state index contributed by atoms with van der Waals surface area (Å²) in [6, 6.07) is 6.79. The number of halogens is 1. The fraction of sp³-hybridized carbons (Fsp3) is 0.273. The zero-order valence-electron chi connectivity index (χ0n) is 8.70. The van der Waals surface area contributed by atoms with E-state index in [0.29, 0.717) is 9.93 Å². The maximum absolute atomic E-state index is 11.7. The Morgan fingerprint density at radius 3 is 2.33 bits per heavy atom. The second kappa shape index (κ2) is 4.81. The van der Waals surface area contributed by atoms with E-state index in [4.69, 9.17) is 11.6 Å². The van der Waals surface area contributed by atoms with Crippen LogP contribution < -0.4 is 0 Å². The highest BCUT2D eigenvalue weighted by molar-refractivity contribution is 7.91. The monoisotopic (exact) mass is 244 g/mol. The zero-order chi connectivity index (χ0) is 11.5. The van der Waals surface area contributed by atoms with E-state index >= 15 is 0 Å². The van der Waals surface area contributed by atoms with Crippen LogP contribution in [0.5, 0.6) is 0 Å². The topological polar surface area (TPSA) is 34.1 Å². The highest BCUT2D eigenvalue weighted by Gasteiger charge is 2.11. The van der Waals surface area contributed by atoms with E-state index in [9.17, 15) is 8.42 Å². The van der Waals surface area contributed by atoms with Gasteiger partial charge in [0.1, 0.15) is 0 Å². The first-order valence-electron chi connectivity index (χ1n) is 4.53. The smallest absolute Gasteiger partial charge is 0.181 e. The number of aryl methyl sites for hydroxylation is 1. The Kier molecular flexibility index (Phi) is 3.94. The van der Waals surface area contributed by atoms with Crippen LogP contribution >= 0.6 is 11.6 Å². The summed E-state index contributed by atoms with van der Waals surface area (Å²) in [6.45, 7) is 3.57. The molecular formula is C11H13ClO2S. The number of rotatable bonds is 3. The van der Waals surface area contributed by atoms with E-state index in [2.05, 4.69) is 0 Å². The van der Waals surface area contributed by atoms with Crippen LogP contribution in [0.1, 0.15) is 12.5 Å². The average molecular weight is 245 g/mol. The Labute approximate surface area is 95.5 Å². The van der Waals surface area contributed by atoms with Crippen molar-refractivity contribution >= 4 is 21.4 Å². The Bertz CT molecular complexity index is 454. The molecule has 0 aromatic heterocycles. The molecule has 82 valence electrons. The van der Waals surface area contributed by atoms with Crippen LogP contribution in [0.3, 0.4) is 0 Å². The fourth-order valence-corrected chi connectivity index (χ4v) is 2.45. The first-order chi connectivity index (χ1) is 6.92. The molecule has 0 aliphatic carbocycles. The van der Waals surface area contributed by atoms with Gasteiger partial charge in [-0.3, -0.25) is 0 Å². The van der Waals surface area contributed by atoms with Crippen molar-refractivity contribution in [3.05, 3.63) is 40.9 Å². The van der Waals surface area contributed by atoms with Crippen molar-refractivity contribution in [2.75, 3.05) is 5.75 Å². The highest BCUT2D eigenvalue weighted by Crippen LogP contribution is 2.13. The van der Waals surface area contributed by atoms with Crippen molar-refractivity contribution in [3.8, 4) is 0 Å². The van der Waals surface area contributed by atoms with E-state index in [0.717, 1.165) is 5.56 Å². The first-order valence-corrected chi connectivity index (χ1v) is 6.56. The quantitative estimate of drug-likeness (QED) is 0.819. The van der Waals surface area contributed by atoms with Gasteiger partial charge in [0, 0.05) is 5.03 Å². The van der Waals surface area contributed by atoms with Crippen molar-refractivity contribution in [2.45, 2.75) is 18.7 Å². The number of benzene rings is 1. The van der Waals surface area contributed by atoms with Gasteiger partial charge in [-0.05, 0) is 26.0 Å². The summed E-state index contributed by atoms with van der Waals surface area (Å²) in [4.78, 5) is 0.335. The maximum Gasteiger partial charge on any atom is 0.181 e. The van der Waals surface area contributed by atoms with Crippen LogP contribution in [0.2, 0.25) is 0 Å². The van der Waals surface area contributed by atoms with Gasteiger partial charge in [0.05, 0.1) is 10.6 Å². The normalized spacial score (nSPS) is 12.9. The molecule has 0 bridgehead atoms. The molecule has 0 aliphatic heterocycles. The lowest BCUT2D eigenvalue weighted by Gasteiger charge is -2.01. The second-order valence-electron chi connectivity index (χ2n) is 3.39. The zero-order valence-corrected chi connectivity index (χ0v) is 10.3. The third-order valence-corrected chi connectivity index (χ3v) is 3.71. The van der Waals surface area contributed by atoms with E-state index in [1.165, 1.54) is 6.08 Å². The van der Waals surface area contributed by atoms with Gasteiger partial charge in [0.25, 0.3) is 0 Å². The number of hydrogen-bond acceptors (Lipinski definition) is 2. The maximum atomic E-state index is 11.7. The summed E-state index contributed by atoms with van der Waals surface area (Å²) in [6.07, 6.45) is 1.50. The largest absolute Gasteiger partial charge is 0.223 e. The van der Waals surface area contributed by atoms with Gasteiger partial charge in [-0.15, -0.1) is 0 Å². The van der Waals surface area contributed by atoms with Gasteiger partial charge in [0.2, 0.25) is 0 Å². The molecule has 0 saturated carbocycles. The van der Waals surface area contributed by atoms with Crippen molar-refractivity contribution in [2.24, 2.45) is 0 Å². The third-order valence-electron chi connectivity index (χ3n) is 1.96. The predicted molar refractivity (Wildman–Crippen MR) is 62.8 cm³/mol. The molecule has 0 fully saturated rings. The van der Waals surface area contributed by atoms with Crippen molar-refractivity contribution < 1.29 is 8.42 Å². The summed E-state index contributed by atoms with van der Waals surface area (Å²) in [5, 5.41) is 0.491. The van der Waals surface area contributed by atoms with Crippen LogP contribution in [-0.2, 0) is 9.84 Å². The SMILES string of the molecule is C/C(Cl)=C/CS(=O)(=O)c1ccc(C)cc1. The third kappa shape index (κ3) is 3.68. The predicted octanol–water partition coefficient (Wildman–Crippen LogP) is 2.91. The lowest BCUT2D eigenvalue weighted by atomic mass is 10.2. The van der Waals surface area contributed by atoms with Gasteiger partial charge in [-0.2, -0.15) is 0 Å². The summed E-state index contributed by atoms with van der Waals surface area (Å²) in [7, 11) is -3.23. The molecule has 1 aromatic rings. The first kappa shape index (κ1) is 12.3. The Hall–Kier alpha value is -0.800. The lowest BCUT2D eigenvalue weighted by Crippen LogP contribution is -2.04. The lowest BCUT2D eigenvalue weighted by molar-refractivity contribution is 0.599. The molecule has 2 nitrogen and oxygen atoms in total. The van der Waals surface area contributed by atoms with Crippen molar-refractivity contribution in [1.82, 2.24) is 0 Å². The summed E-state index contributed by atoms with van der Waals surface area (Å²) in [5.41, 5.74) is 1.04. The molecule has 4 heteroatoms. The minimum absolute atomic E-state index is 0.0502. The van der Waals surface area contributed by atoms with Crippen LogP contribution in [0.15, 0.2) is 40.3 Å². The molecule has 1 aromatic carbocycles. The molecule has 1 rings (SSSR count). The number of sulfone groups is 1. The molecule has 15 heavy (non-hydrogen) atoms. The number of allylic oxidation sites excluding steroid dienone is 1. The van der Waals surface area contributed by atoms with Gasteiger partial charge in [-0.25, -0.2) is 8.42 Å². The van der Waals surface area contributed by atoms with Crippen molar-refractivity contribution in [1.29, 1.82) is 0 Å². The van der Waals surface area contributed by atoms with E-state index in [1.807, 2.05) is 6.92 Å². The Morgan fingerprint density at radius 2 is 1.87 bits per heavy atom. The minimum atomic E-state index is -3.23. The minimum Gasteiger partial charge on any atom is -0.223 e. The van der Waals surface area contributed by atoms with Crippen LogP contribution in [0.4, 0.5) is 0 Å². The van der Waals surface area contributed by atoms with Gasteiger partial charge in [-0.1, -0.05) is 35.4 Å². The Balaban J connectivity index is 2.97. The summed E-state index contributed by atoms with van der Waals surface area (Å²) >= 11 is 5.59. The van der Waals surface area contributed by atoms with E-state index < -0.39 is 9.84 Å². The molecular weight excluding hydrogens is 232 g/mol. The van der Waals surface area contributed by atoms with E-state index in [1.54, 1.807) is 31.2 Å². The molecule has 0 spiro atoms.